The van der Waals surface area contributed by atoms with E-state index in [1.807, 2.05) is 53.3 Å². The summed E-state index contributed by atoms with van der Waals surface area (Å²) in [7, 11) is 0. The van der Waals surface area contributed by atoms with Crippen LogP contribution in [0.2, 0.25) is 0 Å². The van der Waals surface area contributed by atoms with Gasteiger partial charge in [0.2, 0.25) is 5.91 Å². The maximum Gasteiger partial charge on any atom is 0.220 e. The fraction of sp³-hybridized carbons (Fsp3) is 0.192. The van der Waals surface area contributed by atoms with E-state index < -0.39 is 0 Å². The molecule has 2 aromatic carbocycles. The Morgan fingerprint density at radius 1 is 1.00 bits per heavy atom. The van der Waals surface area contributed by atoms with Gasteiger partial charge in [-0.2, -0.15) is 5.10 Å². The molecule has 2 heterocycles. The van der Waals surface area contributed by atoms with Gasteiger partial charge in [-0.3, -0.25) is 9.78 Å². The lowest BCUT2D eigenvalue weighted by atomic mass is 9.97. The first-order valence-corrected chi connectivity index (χ1v) is 10.7. The summed E-state index contributed by atoms with van der Waals surface area (Å²) in [5.74, 6) is 0.387. The first kappa shape index (κ1) is 19.2. The van der Waals surface area contributed by atoms with Crippen molar-refractivity contribution in [2.24, 2.45) is 0 Å². The standard InChI is InChI=1S/C26H24N4O/c31-25(16-21-11-10-19-6-4-5-9-24(19)21)28-17-22-18-30(23-7-2-1-3-8-23)29-26(22)20-12-14-27-15-13-20/h1-9,12-15,18,21H,10-11,16-17H2,(H,28,31). The van der Waals surface area contributed by atoms with Crippen molar-refractivity contribution in [3.05, 3.63) is 102 Å². The van der Waals surface area contributed by atoms with E-state index in [1.54, 1.807) is 12.4 Å². The summed E-state index contributed by atoms with van der Waals surface area (Å²) in [6.45, 7) is 0.442. The second-order valence-corrected chi connectivity index (χ2v) is 7.93. The van der Waals surface area contributed by atoms with Crippen LogP contribution in [-0.4, -0.2) is 20.7 Å². The Kier molecular flexibility index (Phi) is 5.31. The quantitative estimate of drug-likeness (QED) is 0.504. The number of fused-ring (bicyclic) bond motifs is 1. The average Bonchev–Trinajstić information content (AvgIpc) is 3.44. The number of para-hydroxylation sites is 1. The van der Waals surface area contributed by atoms with E-state index in [2.05, 4.69) is 34.6 Å². The van der Waals surface area contributed by atoms with Crippen LogP contribution < -0.4 is 5.32 Å². The third-order valence-corrected chi connectivity index (χ3v) is 5.93. The van der Waals surface area contributed by atoms with Crippen LogP contribution in [-0.2, 0) is 17.8 Å². The number of rotatable bonds is 6. The molecule has 31 heavy (non-hydrogen) atoms. The molecule has 5 nitrogen and oxygen atoms in total. The zero-order chi connectivity index (χ0) is 21.0. The molecular formula is C26H24N4O. The van der Waals surface area contributed by atoms with E-state index in [4.69, 9.17) is 5.10 Å². The molecular weight excluding hydrogens is 384 g/mol. The SMILES string of the molecule is O=C(CC1CCc2ccccc21)NCc1cn(-c2ccccc2)nc1-c1ccncc1. The van der Waals surface area contributed by atoms with Crippen molar-refractivity contribution in [1.82, 2.24) is 20.1 Å². The Balaban J connectivity index is 1.34. The van der Waals surface area contributed by atoms with Crippen molar-refractivity contribution < 1.29 is 4.79 Å². The second-order valence-electron chi connectivity index (χ2n) is 7.93. The lowest BCUT2D eigenvalue weighted by molar-refractivity contribution is -0.121. The van der Waals surface area contributed by atoms with Crippen molar-refractivity contribution in [3.63, 3.8) is 0 Å². The fourth-order valence-electron chi connectivity index (χ4n) is 4.35. The van der Waals surface area contributed by atoms with E-state index in [1.165, 1.54) is 11.1 Å². The molecule has 0 saturated carbocycles. The van der Waals surface area contributed by atoms with Crippen molar-refractivity contribution >= 4 is 5.91 Å². The van der Waals surface area contributed by atoms with Gasteiger partial charge < -0.3 is 5.32 Å². The molecule has 4 aromatic rings. The van der Waals surface area contributed by atoms with Gasteiger partial charge in [-0.15, -0.1) is 0 Å². The van der Waals surface area contributed by atoms with Crippen LogP contribution in [0.3, 0.4) is 0 Å². The van der Waals surface area contributed by atoms with Crippen molar-refractivity contribution in [3.8, 4) is 16.9 Å². The first-order valence-electron chi connectivity index (χ1n) is 10.7. The summed E-state index contributed by atoms with van der Waals surface area (Å²) in [4.78, 5) is 16.9. The van der Waals surface area contributed by atoms with Crippen molar-refractivity contribution in [2.75, 3.05) is 0 Å². The smallest absolute Gasteiger partial charge is 0.220 e. The van der Waals surface area contributed by atoms with E-state index in [0.717, 1.165) is 35.3 Å². The molecule has 1 unspecified atom stereocenters. The van der Waals surface area contributed by atoms with Gasteiger partial charge in [-0.25, -0.2) is 4.68 Å². The van der Waals surface area contributed by atoms with Gasteiger partial charge in [-0.05, 0) is 54.2 Å². The molecule has 0 saturated heterocycles. The molecule has 1 aliphatic carbocycles. The number of aryl methyl sites for hydroxylation is 1. The third kappa shape index (κ3) is 4.12. The van der Waals surface area contributed by atoms with Crippen molar-refractivity contribution in [1.29, 1.82) is 0 Å². The van der Waals surface area contributed by atoms with E-state index in [-0.39, 0.29) is 5.91 Å². The lowest BCUT2D eigenvalue weighted by Gasteiger charge is -2.12. The number of nitrogens with zero attached hydrogens (tertiary/aromatic N) is 3. The highest BCUT2D eigenvalue weighted by Crippen LogP contribution is 2.35. The van der Waals surface area contributed by atoms with Gasteiger partial charge in [0.15, 0.2) is 0 Å². The van der Waals surface area contributed by atoms with Crippen LogP contribution in [0.4, 0.5) is 0 Å². The Hall–Kier alpha value is -3.73. The number of hydrogen-bond acceptors (Lipinski definition) is 3. The van der Waals surface area contributed by atoms with Crippen LogP contribution in [0.5, 0.6) is 0 Å². The number of aromatic nitrogens is 3. The Bertz CT molecular complexity index is 1180. The van der Waals surface area contributed by atoms with Crippen LogP contribution in [0.15, 0.2) is 85.3 Å². The van der Waals surface area contributed by atoms with E-state index in [0.29, 0.717) is 18.9 Å². The zero-order valence-corrected chi connectivity index (χ0v) is 17.2. The topological polar surface area (TPSA) is 59.8 Å². The van der Waals surface area contributed by atoms with Gasteiger partial charge in [0.05, 0.1) is 11.4 Å². The van der Waals surface area contributed by atoms with Gasteiger partial charge in [-0.1, -0.05) is 42.5 Å². The summed E-state index contributed by atoms with van der Waals surface area (Å²) in [6.07, 6.45) is 8.14. The largest absolute Gasteiger partial charge is 0.352 e. The Morgan fingerprint density at radius 2 is 1.77 bits per heavy atom. The fourth-order valence-corrected chi connectivity index (χ4v) is 4.35. The van der Waals surface area contributed by atoms with Crippen LogP contribution in [0.25, 0.3) is 16.9 Å². The predicted molar refractivity (Wildman–Crippen MR) is 121 cm³/mol. The highest BCUT2D eigenvalue weighted by molar-refractivity contribution is 5.77. The minimum absolute atomic E-state index is 0.0786. The minimum atomic E-state index is 0.0786. The Morgan fingerprint density at radius 3 is 2.61 bits per heavy atom. The molecule has 0 spiro atoms. The molecule has 0 fully saturated rings. The molecule has 154 valence electrons. The van der Waals surface area contributed by atoms with Crippen LogP contribution in [0.1, 0.15) is 35.4 Å². The number of carbonyl (C=O) groups excluding carboxylic acids is 1. The number of amides is 1. The van der Waals surface area contributed by atoms with Gasteiger partial charge in [0.25, 0.3) is 0 Å². The normalized spacial score (nSPS) is 14.9. The monoisotopic (exact) mass is 408 g/mol. The summed E-state index contributed by atoms with van der Waals surface area (Å²) < 4.78 is 1.87. The number of pyridine rings is 1. The van der Waals surface area contributed by atoms with E-state index >= 15 is 0 Å². The maximum atomic E-state index is 12.8. The highest BCUT2D eigenvalue weighted by atomic mass is 16.1. The van der Waals surface area contributed by atoms with E-state index in [9.17, 15) is 4.79 Å². The summed E-state index contributed by atoms with van der Waals surface area (Å²) in [6, 6.07) is 22.4. The first-order chi connectivity index (χ1) is 15.3. The molecule has 5 heteroatoms. The molecule has 0 radical (unpaired) electrons. The predicted octanol–water partition coefficient (Wildman–Crippen LogP) is 4.67. The number of hydrogen-bond donors (Lipinski definition) is 1. The highest BCUT2D eigenvalue weighted by Gasteiger charge is 2.24. The number of nitrogens with one attached hydrogen (secondary N) is 1. The second kappa shape index (κ2) is 8.56. The van der Waals surface area contributed by atoms with Crippen LogP contribution in [0, 0.1) is 0 Å². The minimum Gasteiger partial charge on any atom is -0.352 e. The molecule has 5 rings (SSSR count). The van der Waals surface area contributed by atoms with Crippen LogP contribution >= 0.6 is 0 Å². The molecule has 1 aliphatic rings. The van der Waals surface area contributed by atoms with Gasteiger partial charge >= 0.3 is 0 Å². The molecule has 0 bridgehead atoms. The number of benzene rings is 2. The Labute approximate surface area is 181 Å². The van der Waals surface area contributed by atoms with Gasteiger partial charge in [0, 0.05) is 42.7 Å². The van der Waals surface area contributed by atoms with Gasteiger partial charge in [0.1, 0.15) is 0 Å². The molecule has 2 aromatic heterocycles. The molecule has 1 amide bonds. The summed E-state index contributed by atoms with van der Waals surface area (Å²) in [5.41, 5.74) is 6.51. The van der Waals surface area contributed by atoms with Crippen molar-refractivity contribution in [2.45, 2.75) is 31.7 Å². The maximum absolute atomic E-state index is 12.8. The molecule has 1 atom stereocenters. The number of carbonyl (C=O) groups is 1. The summed E-state index contributed by atoms with van der Waals surface area (Å²) >= 11 is 0. The zero-order valence-electron chi connectivity index (χ0n) is 17.2. The average molecular weight is 409 g/mol. The third-order valence-electron chi connectivity index (χ3n) is 5.93. The lowest BCUT2D eigenvalue weighted by Crippen LogP contribution is -2.24. The molecule has 1 N–H and O–H groups in total. The summed E-state index contributed by atoms with van der Waals surface area (Å²) in [5, 5.41) is 7.92. The molecule has 0 aliphatic heterocycles.